The number of imide groups is 1. The van der Waals surface area contributed by atoms with Crippen molar-refractivity contribution in [3.8, 4) is 0 Å². The maximum Gasteiger partial charge on any atom is 0.325 e. The third-order valence-corrected chi connectivity index (χ3v) is 5.16. The Morgan fingerprint density at radius 2 is 2.00 bits per heavy atom. The highest BCUT2D eigenvalue weighted by molar-refractivity contribution is 9.10. The van der Waals surface area contributed by atoms with E-state index in [1.54, 1.807) is 23.5 Å². The van der Waals surface area contributed by atoms with Crippen LogP contribution in [0, 0.1) is 0 Å². The minimum atomic E-state index is -0.509. The second kappa shape index (κ2) is 7.25. The molecule has 1 aliphatic rings. The first-order chi connectivity index (χ1) is 11.1. The highest BCUT2D eigenvalue weighted by atomic mass is 79.9. The van der Waals surface area contributed by atoms with E-state index in [0.29, 0.717) is 5.69 Å². The molecule has 0 bridgehead atoms. The van der Waals surface area contributed by atoms with Crippen LogP contribution in [0.2, 0.25) is 0 Å². The standard InChI is InChI=1S/C16H16BrN3O2S/c17-12-1-3-13(4-2-12)18-16(22)19-15(21)10-20-7-5-14-11(9-20)6-8-23-14/h1-4,6,8H,5,7,9-10H2,(H2,18,19,21,22). The average molecular weight is 394 g/mol. The Morgan fingerprint density at radius 1 is 1.22 bits per heavy atom. The summed E-state index contributed by atoms with van der Waals surface area (Å²) in [5.41, 5.74) is 1.92. The molecule has 0 spiro atoms. The molecule has 0 saturated carbocycles. The zero-order valence-corrected chi connectivity index (χ0v) is 14.7. The van der Waals surface area contributed by atoms with Gasteiger partial charge in [-0.1, -0.05) is 15.9 Å². The third-order valence-electron chi connectivity index (χ3n) is 3.61. The number of nitrogens with zero attached hydrogens (tertiary/aromatic N) is 1. The quantitative estimate of drug-likeness (QED) is 0.841. The van der Waals surface area contributed by atoms with E-state index in [-0.39, 0.29) is 12.5 Å². The van der Waals surface area contributed by atoms with Gasteiger partial charge in [-0.25, -0.2) is 4.79 Å². The predicted molar refractivity (Wildman–Crippen MR) is 94.6 cm³/mol. The van der Waals surface area contributed by atoms with E-state index in [9.17, 15) is 9.59 Å². The monoisotopic (exact) mass is 393 g/mol. The number of halogens is 1. The van der Waals surface area contributed by atoms with Gasteiger partial charge in [-0.2, -0.15) is 0 Å². The van der Waals surface area contributed by atoms with Crippen LogP contribution in [-0.2, 0) is 17.8 Å². The molecule has 0 atom stereocenters. The molecule has 0 unspecified atom stereocenters. The Kier molecular flexibility index (Phi) is 5.09. The van der Waals surface area contributed by atoms with Gasteiger partial charge in [0.1, 0.15) is 0 Å². The van der Waals surface area contributed by atoms with Crippen molar-refractivity contribution >= 4 is 44.9 Å². The molecule has 0 radical (unpaired) electrons. The first-order valence-corrected chi connectivity index (χ1v) is 8.91. The lowest BCUT2D eigenvalue weighted by molar-refractivity contribution is -0.121. The average Bonchev–Trinajstić information content (AvgIpc) is 2.97. The molecule has 2 N–H and O–H groups in total. The molecule has 0 saturated heterocycles. The third kappa shape index (κ3) is 4.40. The summed E-state index contributed by atoms with van der Waals surface area (Å²) < 4.78 is 0.928. The molecular formula is C16H16BrN3O2S. The van der Waals surface area contributed by atoms with E-state index in [2.05, 4.69) is 42.9 Å². The summed E-state index contributed by atoms with van der Waals surface area (Å²) in [7, 11) is 0. The first kappa shape index (κ1) is 16.2. The summed E-state index contributed by atoms with van der Waals surface area (Å²) in [5, 5.41) is 7.09. The lowest BCUT2D eigenvalue weighted by Crippen LogP contribution is -2.43. The molecule has 0 aliphatic carbocycles. The van der Waals surface area contributed by atoms with Gasteiger partial charge in [-0.15, -0.1) is 11.3 Å². The number of carbonyl (C=O) groups is 2. The lowest BCUT2D eigenvalue weighted by Gasteiger charge is -2.25. The fourth-order valence-electron chi connectivity index (χ4n) is 2.51. The molecule has 5 nitrogen and oxygen atoms in total. The number of benzene rings is 1. The molecule has 2 aromatic rings. The second-order valence-electron chi connectivity index (χ2n) is 5.34. The van der Waals surface area contributed by atoms with Crippen LogP contribution in [0.4, 0.5) is 10.5 Å². The van der Waals surface area contributed by atoms with Gasteiger partial charge in [-0.05, 0) is 47.7 Å². The topological polar surface area (TPSA) is 61.4 Å². The summed E-state index contributed by atoms with van der Waals surface area (Å²) in [6.45, 7) is 1.83. The molecule has 120 valence electrons. The molecule has 7 heteroatoms. The van der Waals surface area contributed by atoms with E-state index in [1.165, 1.54) is 10.4 Å². The Labute approximate surface area is 146 Å². The highest BCUT2D eigenvalue weighted by Gasteiger charge is 2.20. The van der Waals surface area contributed by atoms with E-state index in [1.807, 2.05) is 12.1 Å². The molecule has 1 aliphatic heterocycles. The number of carbonyl (C=O) groups excluding carboxylic acids is 2. The van der Waals surface area contributed by atoms with Crippen LogP contribution in [0.3, 0.4) is 0 Å². The Hall–Kier alpha value is -1.70. The maximum absolute atomic E-state index is 12.0. The highest BCUT2D eigenvalue weighted by Crippen LogP contribution is 2.23. The second-order valence-corrected chi connectivity index (χ2v) is 7.26. The number of fused-ring (bicyclic) bond motifs is 1. The van der Waals surface area contributed by atoms with Crippen molar-refractivity contribution < 1.29 is 9.59 Å². The van der Waals surface area contributed by atoms with Gasteiger partial charge in [0.2, 0.25) is 5.91 Å². The van der Waals surface area contributed by atoms with Gasteiger partial charge in [-0.3, -0.25) is 15.0 Å². The van der Waals surface area contributed by atoms with E-state index in [4.69, 9.17) is 0 Å². The maximum atomic E-state index is 12.0. The van der Waals surface area contributed by atoms with Gasteiger partial charge in [0.25, 0.3) is 0 Å². The predicted octanol–water partition coefficient (Wildman–Crippen LogP) is 3.22. The van der Waals surface area contributed by atoms with Crippen LogP contribution in [0.25, 0.3) is 0 Å². The van der Waals surface area contributed by atoms with Crippen LogP contribution in [-0.4, -0.2) is 29.9 Å². The number of nitrogens with one attached hydrogen (secondary N) is 2. The Morgan fingerprint density at radius 3 is 2.78 bits per heavy atom. The Balaban J connectivity index is 1.47. The largest absolute Gasteiger partial charge is 0.325 e. The van der Waals surface area contributed by atoms with Crippen LogP contribution < -0.4 is 10.6 Å². The molecule has 1 aromatic carbocycles. The lowest BCUT2D eigenvalue weighted by atomic mass is 10.1. The van der Waals surface area contributed by atoms with Crippen molar-refractivity contribution in [2.45, 2.75) is 13.0 Å². The van der Waals surface area contributed by atoms with Gasteiger partial charge in [0.15, 0.2) is 0 Å². The summed E-state index contributed by atoms with van der Waals surface area (Å²) in [6.07, 6.45) is 0.964. The molecule has 23 heavy (non-hydrogen) atoms. The smallest absolute Gasteiger partial charge is 0.308 e. The van der Waals surface area contributed by atoms with Crippen LogP contribution in [0.1, 0.15) is 10.4 Å². The first-order valence-electron chi connectivity index (χ1n) is 7.24. The summed E-state index contributed by atoms with van der Waals surface area (Å²) in [5.74, 6) is -0.293. The fourth-order valence-corrected chi connectivity index (χ4v) is 3.66. The van der Waals surface area contributed by atoms with Crippen molar-refractivity contribution in [2.24, 2.45) is 0 Å². The zero-order chi connectivity index (χ0) is 16.2. The van der Waals surface area contributed by atoms with Crippen molar-refractivity contribution in [3.05, 3.63) is 50.6 Å². The number of hydrogen-bond donors (Lipinski definition) is 2. The van der Waals surface area contributed by atoms with Crippen LogP contribution in [0.5, 0.6) is 0 Å². The SMILES string of the molecule is O=C(CN1CCc2sccc2C1)NC(=O)Nc1ccc(Br)cc1. The summed E-state index contributed by atoms with van der Waals surface area (Å²) >= 11 is 5.09. The van der Waals surface area contributed by atoms with Crippen molar-refractivity contribution in [3.63, 3.8) is 0 Å². The van der Waals surface area contributed by atoms with Crippen molar-refractivity contribution in [1.29, 1.82) is 0 Å². The molecule has 3 rings (SSSR count). The summed E-state index contributed by atoms with van der Waals surface area (Å²) in [6, 6.07) is 8.76. The number of hydrogen-bond acceptors (Lipinski definition) is 4. The number of amides is 3. The summed E-state index contributed by atoms with van der Waals surface area (Å²) in [4.78, 5) is 27.3. The number of thiophene rings is 1. The number of anilines is 1. The Bertz CT molecular complexity index is 714. The normalized spacial score (nSPS) is 14.1. The van der Waals surface area contributed by atoms with Gasteiger partial charge in [0, 0.05) is 28.1 Å². The van der Waals surface area contributed by atoms with Gasteiger partial charge >= 0.3 is 6.03 Å². The van der Waals surface area contributed by atoms with E-state index < -0.39 is 6.03 Å². The molecule has 0 fully saturated rings. The molecule has 2 heterocycles. The van der Waals surface area contributed by atoms with Crippen molar-refractivity contribution in [2.75, 3.05) is 18.4 Å². The van der Waals surface area contributed by atoms with Crippen molar-refractivity contribution in [1.82, 2.24) is 10.2 Å². The fraction of sp³-hybridized carbons (Fsp3) is 0.250. The van der Waals surface area contributed by atoms with Crippen LogP contribution in [0.15, 0.2) is 40.2 Å². The number of urea groups is 1. The molecular weight excluding hydrogens is 378 g/mol. The molecule has 3 amide bonds. The van der Waals surface area contributed by atoms with E-state index in [0.717, 1.165) is 24.0 Å². The van der Waals surface area contributed by atoms with E-state index >= 15 is 0 Å². The molecule has 1 aromatic heterocycles. The minimum absolute atomic E-state index is 0.225. The number of rotatable bonds is 3. The van der Waals surface area contributed by atoms with Crippen LogP contribution >= 0.6 is 27.3 Å². The van der Waals surface area contributed by atoms with Gasteiger partial charge < -0.3 is 5.32 Å². The minimum Gasteiger partial charge on any atom is -0.308 e. The zero-order valence-electron chi connectivity index (χ0n) is 12.3. The van der Waals surface area contributed by atoms with Gasteiger partial charge in [0.05, 0.1) is 6.54 Å².